The van der Waals surface area contributed by atoms with E-state index in [1.54, 1.807) is 19.3 Å². The first-order valence-electron chi connectivity index (χ1n) is 9.54. The lowest BCUT2D eigenvalue weighted by Gasteiger charge is -2.17. The topological polar surface area (TPSA) is 110 Å². The zero-order valence-electron chi connectivity index (χ0n) is 16.0. The van der Waals surface area contributed by atoms with Crippen LogP contribution in [-0.2, 0) is 11.4 Å². The van der Waals surface area contributed by atoms with E-state index >= 15 is 0 Å². The van der Waals surface area contributed by atoms with Gasteiger partial charge < -0.3 is 19.7 Å². The predicted molar refractivity (Wildman–Crippen MR) is 104 cm³/mol. The van der Waals surface area contributed by atoms with Crippen molar-refractivity contribution in [1.82, 2.24) is 20.4 Å². The molecular formula is C21H22N4O4. The number of aliphatic hydroxyl groups excluding tert-OH is 1. The lowest BCUT2D eigenvalue weighted by molar-refractivity contribution is -0.124. The smallest absolute Gasteiger partial charge is 0.252 e. The summed E-state index contributed by atoms with van der Waals surface area (Å²) in [5.41, 5.74) is 1.67. The van der Waals surface area contributed by atoms with Gasteiger partial charge in [0.15, 0.2) is 0 Å². The van der Waals surface area contributed by atoms with Gasteiger partial charge >= 0.3 is 0 Å². The minimum atomic E-state index is -0.861. The van der Waals surface area contributed by atoms with Crippen molar-refractivity contribution >= 4 is 5.91 Å². The SMILES string of the molecule is CC(O)C(NC(=O)C1CC1)c1nc(-c2cccc(OCc3cccnc3)c2)no1. The van der Waals surface area contributed by atoms with Crippen molar-refractivity contribution < 1.29 is 19.2 Å². The number of carbonyl (C=O) groups excluding carboxylic acids is 1. The molecule has 1 fully saturated rings. The second-order valence-corrected chi connectivity index (χ2v) is 7.14. The Balaban J connectivity index is 1.47. The van der Waals surface area contributed by atoms with E-state index in [9.17, 15) is 9.90 Å². The highest BCUT2D eigenvalue weighted by atomic mass is 16.5. The van der Waals surface area contributed by atoms with Crippen LogP contribution in [0.5, 0.6) is 5.75 Å². The maximum absolute atomic E-state index is 12.1. The van der Waals surface area contributed by atoms with Crippen molar-refractivity contribution in [2.45, 2.75) is 38.5 Å². The minimum Gasteiger partial charge on any atom is -0.489 e. The number of nitrogens with one attached hydrogen (secondary N) is 1. The van der Waals surface area contributed by atoms with Crippen LogP contribution < -0.4 is 10.1 Å². The molecule has 1 aromatic carbocycles. The summed E-state index contributed by atoms with van der Waals surface area (Å²) in [6.07, 6.45) is 4.35. The zero-order chi connectivity index (χ0) is 20.2. The standard InChI is InChI=1S/C21H22N4O4/c1-13(26)18(23-20(27)15-7-8-15)21-24-19(25-29-21)16-5-2-6-17(10-16)28-12-14-4-3-9-22-11-14/h2-6,9-11,13,15,18,26H,7-8,12H2,1H3,(H,23,27). The molecule has 4 rings (SSSR count). The number of benzene rings is 1. The van der Waals surface area contributed by atoms with Crippen LogP contribution >= 0.6 is 0 Å². The van der Waals surface area contributed by atoms with Crippen LogP contribution in [0.2, 0.25) is 0 Å². The molecule has 2 aromatic heterocycles. The molecule has 2 atom stereocenters. The summed E-state index contributed by atoms with van der Waals surface area (Å²) < 4.78 is 11.1. The van der Waals surface area contributed by atoms with Gasteiger partial charge in [0.05, 0.1) is 6.10 Å². The summed E-state index contributed by atoms with van der Waals surface area (Å²) in [5.74, 6) is 1.12. The molecule has 3 aromatic rings. The molecule has 1 saturated carbocycles. The molecule has 1 amide bonds. The van der Waals surface area contributed by atoms with Crippen LogP contribution in [0.15, 0.2) is 53.3 Å². The molecule has 2 N–H and O–H groups in total. The van der Waals surface area contributed by atoms with Gasteiger partial charge in [-0.3, -0.25) is 9.78 Å². The van der Waals surface area contributed by atoms with E-state index in [1.807, 2.05) is 36.4 Å². The first-order valence-corrected chi connectivity index (χ1v) is 9.54. The van der Waals surface area contributed by atoms with Crippen molar-refractivity contribution in [3.8, 4) is 17.1 Å². The Morgan fingerprint density at radius 2 is 2.21 bits per heavy atom. The Morgan fingerprint density at radius 3 is 2.93 bits per heavy atom. The number of rotatable bonds is 8. The van der Waals surface area contributed by atoms with Crippen molar-refractivity contribution in [2.24, 2.45) is 5.92 Å². The Labute approximate surface area is 167 Å². The maximum Gasteiger partial charge on any atom is 0.252 e. The second kappa shape index (κ2) is 8.40. The molecule has 0 saturated heterocycles. The number of hydrogen-bond acceptors (Lipinski definition) is 7. The lowest BCUT2D eigenvalue weighted by atomic mass is 10.1. The fourth-order valence-corrected chi connectivity index (χ4v) is 2.86. The highest BCUT2D eigenvalue weighted by molar-refractivity contribution is 5.81. The number of aromatic nitrogens is 3. The average Bonchev–Trinajstić information content (AvgIpc) is 3.48. The molecule has 1 aliphatic carbocycles. The van der Waals surface area contributed by atoms with Gasteiger partial charge in [-0.15, -0.1) is 0 Å². The summed E-state index contributed by atoms with van der Waals surface area (Å²) in [6, 6.07) is 10.4. The highest BCUT2D eigenvalue weighted by Gasteiger charge is 2.34. The van der Waals surface area contributed by atoms with Crippen molar-refractivity contribution in [1.29, 1.82) is 0 Å². The molecule has 0 radical (unpaired) electrons. The van der Waals surface area contributed by atoms with Gasteiger partial charge in [-0.25, -0.2) is 0 Å². The van der Waals surface area contributed by atoms with Gasteiger partial charge in [0, 0.05) is 29.4 Å². The van der Waals surface area contributed by atoms with E-state index in [0.717, 1.165) is 18.4 Å². The predicted octanol–water partition coefficient (Wildman–Crippen LogP) is 2.66. The first-order chi connectivity index (χ1) is 14.1. The summed E-state index contributed by atoms with van der Waals surface area (Å²) in [4.78, 5) is 20.5. The summed E-state index contributed by atoms with van der Waals surface area (Å²) in [5, 5.41) is 16.8. The third-order valence-corrected chi connectivity index (χ3v) is 4.66. The number of nitrogens with zero attached hydrogens (tertiary/aromatic N) is 3. The van der Waals surface area contributed by atoms with Crippen LogP contribution in [0.3, 0.4) is 0 Å². The van der Waals surface area contributed by atoms with Crippen LogP contribution in [0.1, 0.15) is 37.3 Å². The number of carbonyl (C=O) groups is 1. The number of amides is 1. The van der Waals surface area contributed by atoms with Gasteiger partial charge in [-0.2, -0.15) is 4.98 Å². The Morgan fingerprint density at radius 1 is 1.34 bits per heavy atom. The molecule has 2 unspecified atom stereocenters. The van der Waals surface area contributed by atoms with Gasteiger partial charge in [-0.1, -0.05) is 23.4 Å². The van der Waals surface area contributed by atoms with Crippen molar-refractivity contribution in [3.63, 3.8) is 0 Å². The summed E-state index contributed by atoms with van der Waals surface area (Å²) in [7, 11) is 0. The van der Waals surface area contributed by atoms with E-state index < -0.39 is 12.1 Å². The largest absolute Gasteiger partial charge is 0.489 e. The van der Waals surface area contributed by atoms with Crippen LogP contribution in [-0.4, -0.2) is 32.2 Å². The fraction of sp³-hybridized carbons (Fsp3) is 0.333. The van der Waals surface area contributed by atoms with Crippen molar-refractivity contribution in [2.75, 3.05) is 0 Å². The molecule has 29 heavy (non-hydrogen) atoms. The van der Waals surface area contributed by atoms with E-state index in [1.165, 1.54) is 0 Å². The second-order valence-electron chi connectivity index (χ2n) is 7.14. The molecule has 0 spiro atoms. The molecule has 150 valence electrons. The number of aliphatic hydroxyl groups is 1. The third kappa shape index (κ3) is 4.78. The van der Waals surface area contributed by atoms with E-state index in [-0.39, 0.29) is 17.7 Å². The number of pyridine rings is 1. The van der Waals surface area contributed by atoms with Gasteiger partial charge in [-0.05, 0) is 38.0 Å². The third-order valence-electron chi connectivity index (χ3n) is 4.66. The molecule has 0 bridgehead atoms. The first kappa shape index (κ1) is 19.1. The molecule has 8 nitrogen and oxygen atoms in total. The van der Waals surface area contributed by atoms with E-state index in [0.29, 0.717) is 23.7 Å². The van der Waals surface area contributed by atoms with E-state index in [4.69, 9.17) is 9.26 Å². The lowest BCUT2D eigenvalue weighted by Crippen LogP contribution is -2.36. The van der Waals surface area contributed by atoms with Crippen LogP contribution in [0.25, 0.3) is 11.4 Å². The molecular weight excluding hydrogens is 372 g/mol. The molecule has 8 heteroatoms. The highest BCUT2D eigenvalue weighted by Crippen LogP contribution is 2.30. The van der Waals surface area contributed by atoms with Gasteiger partial charge in [0.1, 0.15) is 18.4 Å². The van der Waals surface area contributed by atoms with Crippen LogP contribution in [0.4, 0.5) is 0 Å². The Bertz CT molecular complexity index is 970. The normalized spacial score (nSPS) is 15.5. The maximum atomic E-state index is 12.1. The minimum absolute atomic E-state index is 0.0206. The summed E-state index contributed by atoms with van der Waals surface area (Å²) in [6.45, 7) is 1.97. The van der Waals surface area contributed by atoms with E-state index in [2.05, 4.69) is 20.4 Å². The zero-order valence-corrected chi connectivity index (χ0v) is 16.0. The quantitative estimate of drug-likeness (QED) is 0.604. The Kier molecular flexibility index (Phi) is 5.53. The van der Waals surface area contributed by atoms with Crippen molar-refractivity contribution in [3.05, 3.63) is 60.2 Å². The van der Waals surface area contributed by atoms with Crippen LogP contribution in [0, 0.1) is 5.92 Å². The molecule has 0 aliphatic heterocycles. The van der Waals surface area contributed by atoms with Gasteiger partial charge in [0.25, 0.3) is 5.89 Å². The molecule has 1 aliphatic rings. The Hall–Kier alpha value is -3.26. The monoisotopic (exact) mass is 394 g/mol. The fourth-order valence-electron chi connectivity index (χ4n) is 2.86. The van der Waals surface area contributed by atoms with Gasteiger partial charge in [0.2, 0.25) is 11.7 Å². The average molecular weight is 394 g/mol. The number of ether oxygens (including phenoxy) is 1. The summed E-state index contributed by atoms with van der Waals surface area (Å²) >= 11 is 0. The molecule has 2 heterocycles. The number of hydrogen-bond donors (Lipinski definition) is 2.